The van der Waals surface area contributed by atoms with Gasteiger partial charge in [0.1, 0.15) is 12.2 Å². The van der Waals surface area contributed by atoms with Gasteiger partial charge >= 0.3 is 11.9 Å². The molecule has 0 aromatic carbocycles. The van der Waals surface area contributed by atoms with Crippen LogP contribution in [0.25, 0.3) is 0 Å². The molecule has 10 heteroatoms. The van der Waals surface area contributed by atoms with Crippen LogP contribution in [0, 0.1) is 51.2 Å². The van der Waals surface area contributed by atoms with Gasteiger partial charge in [-0.05, 0) is 99.2 Å². The molecule has 0 aromatic rings. The van der Waals surface area contributed by atoms with Crippen LogP contribution >= 0.6 is 0 Å². The summed E-state index contributed by atoms with van der Waals surface area (Å²) in [5.41, 5.74) is 0.994. The highest BCUT2D eigenvalue weighted by molar-refractivity contribution is 5.69. The number of hydrogen-bond acceptors (Lipinski definition) is 10. The molecule has 296 valence electrons. The van der Waals surface area contributed by atoms with Crippen LogP contribution in [0.5, 0.6) is 0 Å². The van der Waals surface area contributed by atoms with Crippen LogP contribution in [0.15, 0.2) is 11.6 Å². The standard InChI is InChI=1S/C21H32O5.C20H32O5.CH4/c1-4-17(24)26-16-11-25-19-18-14(6-8-21(16,19)3)20(2)7-5-13(22)9-12(20)10-15(18)23;1-11(21)25-16-10-24-18-17-14(5-7-20(16,18)3)19(2)6-4-13(22)8-12(19)9-15(17)23;/h10,13-16,18-19,22-23H,4-9,11H2,1-3H3;12-18,22-23H,4-10H2,1-3H3;1H4/t13-,14?,15-,16-,18?,19?,20-,21+;12?,13-,14?,15-,16-,17?,18?,19-,20+;/m00./s1. The van der Waals surface area contributed by atoms with E-state index in [1.54, 1.807) is 0 Å². The maximum Gasteiger partial charge on any atom is 0.305 e. The lowest BCUT2D eigenvalue weighted by atomic mass is 9.46. The minimum Gasteiger partial charge on any atom is -0.459 e. The predicted molar refractivity (Wildman–Crippen MR) is 195 cm³/mol. The Bertz CT molecular complexity index is 1370. The first-order chi connectivity index (χ1) is 24.0. The Kier molecular flexibility index (Phi) is 11.2. The van der Waals surface area contributed by atoms with E-state index >= 15 is 0 Å². The Morgan fingerprint density at radius 2 is 1.35 bits per heavy atom. The third kappa shape index (κ3) is 6.41. The number of hydrogen-bond donors (Lipinski definition) is 4. The van der Waals surface area contributed by atoms with E-state index in [-0.39, 0.29) is 89.5 Å². The maximum atomic E-state index is 11.8. The van der Waals surface area contributed by atoms with Crippen molar-refractivity contribution in [1.82, 2.24) is 0 Å². The van der Waals surface area contributed by atoms with Gasteiger partial charge in [0.25, 0.3) is 0 Å². The molecule has 7 unspecified atom stereocenters. The zero-order valence-electron chi connectivity index (χ0n) is 31.7. The second-order valence-electron chi connectivity index (χ2n) is 18.8. The van der Waals surface area contributed by atoms with Gasteiger partial charge in [-0.2, -0.15) is 0 Å². The van der Waals surface area contributed by atoms with Crippen molar-refractivity contribution in [3.05, 3.63) is 11.6 Å². The van der Waals surface area contributed by atoms with E-state index in [2.05, 4.69) is 27.7 Å². The molecule has 2 aliphatic heterocycles. The minimum atomic E-state index is -0.557. The maximum absolute atomic E-state index is 11.8. The van der Waals surface area contributed by atoms with E-state index in [1.165, 1.54) is 12.5 Å². The largest absolute Gasteiger partial charge is 0.459 e. The van der Waals surface area contributed by atoms with Crippen molar-refractivity contribution in [3.63, 3.8) is 0 Å². The Balaban J connectivity index is 0.000000175. The number of carbonyl (C=O) groups excluding carboxylic acids is 2. The van der Waals surface area contributed by atoms with E-state index in [9.17, 15) is 30.0 Å². The summed E-state index contributed by atoms with van der Waals surface area (Å²) in [5, 5.41) is 42.2. The van der Waals surface area contributed by atoms with Crippen LogP contribution in [0.3, 0.4) is 0 Å². The molecule has 6 aliphatic carbocycles. The molecule has 7 fully saturated rings. The van der Waals surface area contributed by atoms with Crippen molar-refractivity contribution >= 4 is 11.9 Å². The molecular weight excluding hydrogens is 664 g/mol. The van der Waals surface area contributed by atoms with Crippen molar-refractivity contribution in [2.75, 3.05) is 13.2 Å². The third-order valence-corrected chi connectivity index (χ3v) is 16.2. The molecule has 2 saturated heterocycles. The molecule has 2 heterocycles. The monoisotopic (exact) mass is 732 g/mol. The van der Waals surface area contributed by atoms with Crippen LogP contribution in [0.4, 0.5) is 0 Å². The summed E-state index contributed by atoms with van der Waals surface area (Å²) in [6.45, 7) is 13.1. The lowest BCUT2D eigenvalue weighted by molar-refractivity contribution is -0.192. The van der Waals surface area contributed by atoms with E-state index in [1.807, 2.05) is 13.0 Å². The molecule has 0 spiro atoms. The van der Waals surface area contributed by atoms with Gasteiger partial charge in [0.2, 0.25) is 0 Å². The molecule has 17 atom stereocenters. The van der Waals surface area contributed by atoms with Gasteiger partial charge in [0.15, 0.2) is 0 Å². The zero-order chi connectivity index (χ0) is 36.7. The van der Waals surface area contributed by atoms with E-state index in [0.29, 0.717) is 43.8 Å². The van der Waals surface area contributed by atoms with Gasteiger partial charge in [0.05, 0.1) is 49.8 Å². The lowest BCUT2D eigenvalue weighted by Gasteiger charge is -2.61. The predicted octanol–water partition coefficient (Wildman–Crippen LogP) is 5.51. The molecule has 0 amide bonds. The molecule has 4 N–H and O–H groups in total. The Labute approximate surface area is 311 Å². The summed E-state index contributed by atoms with van der Waals surface area (Å²) in [7, 11) is 0. The molecule has 8 aliphatic rings. The number of esters is 2. The highest BCUT2D eigenvalue weighted by Gasteiger charge is 2.65. The van der Waals surface area contributed by atoms with E-state index in [0.717, 1.165) is 64.2 Å². The smallest absolute Gasteiger partial charge is 0.305 e. The number of rotatable bonds is 3. The molecule has 0 radical (unpaired) electrons. The molecule has 0 bridgehead atoms. The first-order valence-electron chi connectivity index (χ1n) is 20.1. The summed E-state index contributed by atoms with van der Waals surface area (Å²) >= 11 is 0. The van der Waals surface area contributed by atoms with Crippen LogP contribution < -0.4 is 0 Å². The van der Waals surface area contributed by atoms with Gasteiger partial charge in [-0.15, -0.1) is 0 Å². The van der Waals surface area contributed by atoms with Gasteiger partial charge < -0.3 is 39.4 Å². The number of ether oxygens (including phenoxy) is 4. The Morgan fingerprint density at radius 3 is 1.98 bits per heavy atom. The second-order valence-corrected chi connectivity index (χ2v) is 18.8. The summed E-state index contributed by atoms with van der Waals surface area (Å²) in [5.74, 6) is 0.866. The van der Waals surface area contributed by atoms with Crippen molar-refractivity contribution in [2.45, 2.75) is 175 Å². The Hall–Kier alpha value is -1.56. The van der Waals surface area contributed by atoms with Crippen LogP contribution in [-0.4, -0.2) is 94.4 Å². The average Bonchev–Trinajstić information content (AvgIpc) is 3.58. The van der Waals surface area contributed by atoms with E-state index in [4.69, 9.17) is 18.9 Å². The summed E-state index contributed by atoms with van der Waals surface area (Å²) in [6, 6.07) is 0. The quantitative estimate of drug-likeness (QED) is 0.216. The van der Waals surface area contributed by atoms with Crippen molar-refractivity contribution < 1.29 is 49.0 Å². The summed E-state index contributed by atoms with van der Waals surface area (Å²) in [4.78, 5) is 23.3. The molecule has 8 rings (SSSR count). The van der Waals surface area contributed by atoms with Gasteiger partial charge in [0, 0.05) is 36.0 Å². The lowest BCUT2D eigenvalue weighted by Crippen LogP contribution is -2.61. The first-order valence-corrected chi connectivity index (χ1v) is 20.1. The molecule has 0 aromatic heterocycles. The van der Waals surface area contributed by atoms with Gasteiger partial charge in [-0.1, -0.05) is 53.7 Å². The normalized spacial score (nSPS) is 51.6. The zero-order valence-corrected chi connectivity index (χ0v) is 31.7. The van der Waals surface area contributed by atoms with Gasteiger partial charge in [-0.25, -0.2) is 0 Å². The molecule has 5 saturated carbocycles. The molecule has 52 heavy (non-hydrogen) atoms. The van der Waals surface area contributed by atoms with Crippen LogP contribution in [0.1, 0.15) is 126 Å². The fraction of sp³-hybridized carbons (Fsp3) is 0.905. The number of carbonyl (C=O) groups is 2. The fourth-order valence-electron chi connectivity index (χ4n) is 13.1. The molecule has 10 nitrogen and oxygen atoms in total. The first kappa shape index (κ1) is 40.1. The van der Waals surface area contributed by atoms with Gasteiger partial charge in [-0.3, -0.25) is 9.59 Å². The highest BCUT2D eigenvalue weighted by atomic mass is 16.6. The molecular formula is C42H68O10. The SMILES string of the molecule is C.CC(=O)O[C@H]1COC2C3C(CC[C@@]21C)[C@@]1(C)CC[C@H](O)CC1C[C@@H]3O.CCC(=O)O[C@H]1COC2C3C(CC[C@@]21C)[C@@]1(C)CC[C@H](O)CC1=C[C@@H]3O. The topological polar surface area (TPSA) is 152 Å². The minimum absolute atomic E-state index is 0. The Morgan fingerprint density at radius 1 is 0.769 bits per heavy atom. The number of fused-ring (bicyclic) bond motifs is 10. The fourth-order valence-corrected chi connectivity index (χ4v) is 13.1. The van der Waals surface area contributed by atoms with Crippen LogP contribution in [-0.2, 0) is 28.5 Å². The van der Waals surface area contributed by atoms with Crippen molar-refractivity contribution in [3.8, 4) is 0 Å². The third-order valence-electron chi connectivity index (χ3n) is 16.2. The number of aliphatic hydroxyl groups excluding tert-OH is 4. The number of aliphatic hydroxyl groups is 4. The summed E-state index contributed by atoms with van der Waals surface area (Å²) < 4.78 is 23.6. The second kappa shape index (κ2) is 14.5. The van der Waals surface area contributed by atoms with Crippen molar-refractivity contribution in [1.29, 1.82) is 0 Å². The average molecular weight is 733 g/mol. The van der Waals surface area contributed by atoms with Crippen molar-refractivity contribution in [2.24, 2.45) is 51.2 Å². The summed E-state index contributed by atoms with van der Waals surface area (Å²) in [6.07, 6.45) is 10.2. The van der Waals surface area contributed by atoms with Crippen LogP contribution in [0.2, 0.25) is 0 Å². The van der Waals surface area contributed by atoms with E-state index < -0.39 is 12.2 Å². The highest BCUT2D eigenvalue weighted by Crippen LogP contribution is 2.64.